The van der Waals surface area contributed by atoms with E-state index in [9.17, 15) is 14.7 Å². The monoisotopic (exact) mass is 989 g/mol. The van der Waals surface area contributed by atoms with Gasteiger partial charge in [0, 0.05) is 6.42 Å². The predicted molar refractivity (Wildman–Crippen MR) is 312 cm³/mol. The van der Waals surface area contributed by atoms with Crippen LogP contribution in [0.15, 0.2) is 0 Å². The summed E-state index contributed by atoms with van der Waals surface area (Å²) in [5, 5.41) is 9.88. The van der Waals surface area contributed by atoms with Crippen molar-refractivity contribution in [3.05, 3.63) is 0 Å². The number of esters is 1. The Balaban J connectivity index is 0. The quantitative estimate of drug-likeness (QED) is 0.0487. The van der Waals surface area contributed by atoms with E-state index in [4.69, 9.17) is 4.74 Å². The standard InChI is InChI=1S/C34H68O2.C32H64O2/c1-4-7-10-13-15-16-17-18-19-20-22-25-28-31-34(35)36-32-33(29-26-23-12-9-6-3)30-27-24-21-14-11-8-5-2;1-4-7-10-13-15-16-17-18-19-20-22-25-28-31(32(33)34)29-30(26-23-12-9-6-3)27-24-21-14-11-8-5-2/h33H,4-32H2,1-3H3;30-31H,4-29H2,1-3H3,(H,33,34). The van der Waals surface area contributed by atoms with E-state index >= 15 is 0 Å². The molecule has 0 aromatic carbocycles. The van der Waals surface area contributed by atoms with Crippen molar-refractivity contribution in [3.8, 4) is 0 Å². The number of carbonyl (C=O) groups excluding carboxylic acids is 1. The number of unbranched alkanes of at least 4 members (excludes halogenated alkanes) is 41. The smallest absolute Gasteiger partial charge is 0.306 e. The first-order chi connectivity index (χ1) is 34.4. The third-order valence-corrected chi connectivity index (χ3v) is 15.7. The highest BCUT2D eigenvalue weighted by molar-refractivity contribution is 5.70. The summed E-state index contributed by atoms with van der Waals surface area (Å²) in [4.78, 5) is 24.3. The third kappa shape index (κ3) is 57.8. The maximum atomic E-state index is 12.3. The number of hydrogen-bond donors (Lipinski definition) is 1. The van der Waals surface area contributed by atoms with Gasteiger partial charge >= 0.3 is 11.9 Å². The first-order valence-corrected chi connectivity index (χ1v) is 32.8. The van der Waals surface area contributed by atoms with E-state index in [1.807, 2.05) is 0 Å². The average molecular weight is 990 g/mol. The Labute approximate surface area is 442 Å². The van der Waals surface area contributed by atoms with Gasteiger partial charge in [0.2, 0.25) is 0 Å². The maximum absolute atomic E-state index is 12.3. The van der Waals surface area contributed by atoms with Crippen LogP contribution in [0, 0.1) is 17.8 Å². The van der Waals surface area contributed by atoms with Crippen LogP contribution in [0.2, 0.25) is 0 Å². The van der Waals surface area contributed by atoms with Gasteiger partial charge in [-0.05, 0) is 43.9 Å². The second-order valence-corrected chi connectivity index (χ2v) is 22.9. The summed E-state index contributed by atoms with van der Waals surface area (Å²) in [5.41, 5.74) is 0. The Morgan fingerprint density at radius 2 is 0.529 bits per heavy atom. The molecular weight excluding hydrogens is 857 g/mol. The molecule has 0 spiro atoms. The zero-order valence-electron chi connectivity index (χ0n) is 49.3. The van der Waals surface area contributed by atoms with Crippen molar-refractivity contribution < 1.29 is 19.4 Å². The van der Waals surface area contributed by atoms with E-state index in [2.05, 4.69) is 41.5 Å². The second kappa shape index (κ2) is 62.2. The Morgan fingerprint density at radius 1 is 0.300 bits per heavy atom. The van der Waals surface area contributed by atoms with Gasteiger partial charge in [-0.25, -0.2) is 0 Å². The third-order valence-electron chi connectivity index (χ3n) is 15.7. The van der Waals surface area contributed by atoms with Crippen molar-refractivity contribution >= 4 is 11.9 Å². The minimum atomic E-state index is -0.537. The van der Waals surface area contributed by atoms with Gasteiger partial charge in [-0.2, -0.15) is 0 Å². The van der Waals surface area contributed by atoms with Gasteiger partial charge in [0.1, 0.15) is 0 Å². The molecule has 0 radical (unpaired) electrons. The molecular formula is C66H132O4. The van der Waals surface area contributed by atoms with E-state index in [1.165, 1.54) is 315 Å². The molecule has 3 unspecified atom stereocenters. The fourth-order valence-electron chi connectivity index (χ4n) is 10.7. The number of aliphatic carboxylic acids is 1. The minimum Gasteiger partial charge on any atom is -0.481 e. The molecule has 0 saturated carbocycles. The topological polar surface area (TPSA) is 63.6 Å². The van der Waals surface area contributed by atoms with E-state index in [0.717, 1.165) is 25.7 Å². The van der Waals surface area contributed by atoms with Gasteiger partial charge in [-0.1, -0.05) is 350 Å². The zero-order chi connectivity index (χ0) is 51.5. The summed E-state index contributed by atoms with van der Waals surface area (Å²) in [5.74, 6) is 0.608. The molecule has 0 aliphatic carbocycles. The maximum Gasteiger partial charge on any atom is 0.306 e. The molecule has 0 aromatic rings. The molecule has 0 bridgehead atoms. The SMILES string of the molecule is CCCCCCCCCCCCCCC(CC(CCCCCC)CCCCCCCC)C(=O)O.CCCCCCCCCCCCCCCC(=O)OCC(CCCCCCC)CCCCCCCCC. The molecule has 4 heteroatoms. The van der Waals surface area contributed by atoms with Crippen molar-refractivity contribution in [3.63, 3.8) is 0 Å². The summed E-state index contributed by atoms with van der Waals surface area (Å²) >= 11 is 0. The fourth-order valence-corrected chi connectivity index (χ4v) is 10.7. The van der Waals surface area contributed by atoms with Gasteiger partial charge in [-0.15, -0.1) is 0 Å². The summed E-state index contributed by atoms with van der Waals surface area (Å²) in [6, 6.07) is 0. The first kappa shape index (κ1) is 71.0. The lowest BCUT2D eigenvalue weighted by Crippen LogP contribution is -2.18. The normalized spacial score (nSPS) is 12.7. The van der Waals surface area contributed by atoms with Gasteiger partial charge < -0.3 is 9.84 Å². The Bertz CT molecular complexity index is 979. The Hall–Kier alpha value is -1.06. The average Bonchev–Trinajstić information content (AvgIpc) is 3.36. The lowest BCUT2D eigenvalue weighted by molar-refractivity contribution is -0.145. The van der Waals surface area contributed by atoms with Crippen LogP contribution >= 0.6 is 0 Å². The van der Waals surface area contributed by atoms with E-state index in [1.54, 1.807) is 0 Å². The molecule has 0 heterocycles. The zero-order valence-corrected chi connectivity index (χ0v) is 49.3. The van der Waals surface area contributed by atoms with Crippen molar-refractivity contribution in [2.45, 2.75) is 388 Å². The van der Waals surface area contributed by atoms with Gasteiger partial charge in [0.05, 0.1) is 12.5 Å². The number of rotatable bonds is 58. The molecule has 0 amide bonds. The highest BCUT2D eigenvalue weighted by Gasteiger charge is 2.22. The molecule has 420 valence electrons. The number of hydrogen-bond acceptors (Lipinski definition) is 3. The van der Waals surface area contributed by atoms with Crippen molar-refractivity contribution in [1.29, 1.82) is 0 Å². The molecule has 0 rings (SSSR count). The molecule has 0 aliphatic heterocycles. The van der Waals surface area contributed by atoms with Crippen LogP contribution in [-0.2, 0) is 14.3 Å². The van der Waals surface area contributed by atoms with Crippen LogP contribution in [0.25, 0.3) is 0 Å². The summed E-state index contributed by atoms with van der Waals surface area (Å²) in [6.07, 6.45) is 70.4. The van der Waals surface area contributed by atoms with Crippen LogP contribution in [0.1, 0.15) is 388 Å². The first-order valence-electron chi connectivity index (χ1n) is 32.8. The van der Waals surface area contributed by atoms with Crippen molar-refractivity contribution in [1.82, 2.24) is 0 Å². The van der Waals surface area contributed by atoms with E-state index < -0.39 is 5.97 Å². The van der Waals surface area contributed by atoms with Gasteiger partial charge in [-0.3, -0.25) is 9.59 Å². The molecule has 3 atom stereocenters. The summed E-state index contributed by atoms with van der Waals surface area (Å²) in [7, 11) is 0. The van der Waals surface area contributed by atoms with E-state index in [0.29, 0.717) is 24.9 Å². The molecule has 0 aliphatic rings. The van der Waals surface area contributed by atoms with Crippen molar-refractivity contribution in [2.75, 3.05) is 6.61 Å². The second-order valence-electron chi connectivity index (χ2n) is 22.9. The van der Waals surface area contributed by atoms with Gasteiger partial charge in [0.25, 0.3) is 0 Å². The fraction of sp³-hybridized carbons (Fsp3) is 0.970. The Kier molecular flexibility index (Phi) is 63.1. The number of ether oxygens (including phenoxy) is 1. The number of carboxylic acid groups (broad SMARTS) is 1. The van der Waals surface area contributed by atoms with Crippen LogP contribution in [0.5, 0.6) is 0 Å². The summed E-state index contributed by atoms with van der Waals surface area (Å²) in [6.45, 7) is 14.3. The molecule has 1 N–H and O–H groups in total. The van der Waals surface area contributed by atoms with Crippen LogP contribution in [0.4, 0.5) is 0 Å². The Morgan fingerprint density at radius 3 is 0.814 bits per heavy atom. The predicted octanol–water partition coefficient (Wildman–Crippen LogP) is 23.6. The number of carbonyl (C=O) groups is 2. The van der Waals surface area contributed by atoms with Crippen LogP contribution in [-0.4, -0.2) is 23.7 Å². The van der Waals surface area contributed by atoms with Crippen molar-refractivity contribution in [2.24, 2.45) is 17.8 Å². The minimum absolute atomic E-state index is 0.0496. The summed E-state index contributed by atoms with van der Waals surface area (Å²) < 4.78 is 5.76. The molecule has 0 aromatic heterocycles. The van der Waals surface area contributed by atoms with Gasteiger partial charge in [0.15, 0.2) is 0 Å². The highest BCUT2D eigenvalue weighted by atomic mass is 16.5. The van der Waals surface area contributed by atoms with Crippen LogP contribution < -0.4 is 0 Å². The lowest BCUT2D eigenvalue weighted by Gasteiger charge is -2.21. The number of carboxylic acids is 1. The molecule has 0 fully saturated rings. The molecule has 4 nitrogen and oxygen atoms in total. The van der Waals surface area contributed by atoms with E-state index in [-0.39, 0.29) is 11.9 Å². The largest absolute Gasteiger partial charge is 0.481 e. The molecule has 0 saturated heterocycles. The lowest BCUT2D eigenvalue weighted by atomic mass is 9.84. The van der Waals surface area contributed by atoms with Crippen LogP contribution in [0.3, 0.4) is 0 Å². The molecule has 70 heavy (non-hydrogen) atoms. The highest BCUT2D eigenvalue weighted by Crippen LogP contribution is 2.29.